The molecule has 114 valence electrons. The van der Waals surface area contributed by atoms with Gasteiger partial charge in [-0.2, -0.15) is 0 Å². The van der Waals surface area contributed by atoms with Crippen molar-refractivity contribution in [2.45, 2.75) is 19.8 Å². The summed E-state index contributed by atoms with van der Waals surface area (Å²) in [5.74, 6) is -0.554. The molecule has 0 aromatic heterocycles. The first-order valence-corrected chi connectivity index (χ1v) is 7.55. The molecule has 1 fully saturated rings. The quantitative estimate of drug-likeness (QED) is 0.929. The minimum atomic E-state index is -0.330. The Bertz CT molecular complexity index is 676. The molecule has 22 heavy (non-hydrogen) atoms. The van der Waals surface area contributed by atoms with E-state index >= 15 is 0 Å². The Balaban J connectivity index is 1.79. The number of nitrogens with zero attached hydrogens (tertiary/aromatic N) is 1. The summed E-state index contributed by atoms with van der Waals surface area (Å²) >= 11 is 0. The molecular weight excluding hydrogens is 279 g/mol. The standard InChI is InChI=1S/C18H19FN2O/c1-13-4-6-14(7-5-13)18(22)20-16-10-15(19)11-17(12-16)21-8-2-3-9-21/h4-7,10-12H,2-3,8-9H2,1H3,(H,20,22). The van der Waals surface area contributed by atoms with Crippen LogP contribution in [0.1, 0.15) is 28.8 Å². The second-order valence-corrected chi connectivity index (χ2v) is 5.71. The molecule has 4 heteroatoms. The maximum absolute atomic E-state index is 13.8. The van der Waals surface area contributed by atoms with Crippen molar-refractivity contribution in [3.05, 3.63) is 59.4 Å². The first kappa shape index (κ1) is 14.6. The molecule has 0 atom stereocenters. The monoisotopic (exact) mass is 298 g/mol. The highest BCUT2D eigenvalue weighted by Gasteiger charge is 2.15. The number of rotatable bonds is 3. The normalized spacial score (nSPS) is 14.2. The van der Waals surface area contributed by atoms with Crippen molar-refractivity contribution in [1.29, 1.82) is 0 Å². The van der Waals surface area contributed by atoms with E-state index in [2.05, 4.69) is 10.2 Å². The number of benzene rings is 2. The van der Waals surface area contributed by atoms with Crippen LogP contribution in [-0.2, 0) is 0 Å². The van der Waals surface area contributed by atoms with Crippen LogP contribution in [0.25, 0.3) is 0 Å². The third-order valence-electron chi connectivity index (χ3n) is 3.93. The second kappa shape index (κ2) is 6.18. The maximum Gasteiger partial charge on any atom is 0.255 e. The predicted octanol–water partition coefficient (Wildman–Crippen LogP) is 3.99. The summed E-state index contributed by atoms with van der Waals surface area (Å²) in [6.07, 6.45) is 2.25. The van der Waals surface area contributed by atoms with Gasteiger partial charge in [0.1, 0.15) is 5.82 Å². The lowest BCUT2D eigenvalue weighted by Crippen LogP contribution is -2.18. The summed E-state index contributed by atoms with van der Waals surface area (Å²) < 4.78 is 13.8. The number of anilines is 2. The molecule has 0 bridgehead atoms. The van der Waals surface area contributed by atoms with Gasteiger partial charge in [-0.1, -0.05) is 17.7 Å². The summed E-state index contributed by atoms with van der Waals surface area (Å²) in [6, 6.07) is 12.0. The lowest BCUT2D eigenvalue weighted by Gasteiger charge is -2.18. The molecule has 0 saturated carbocycles. The van der Waals surface area contributed by atoms with Gasteiger partial charge in [-0.15, -0.1) is 0 Å². The first-order valence-electron chi connectivity index (χ1n) is 7.55. The molecule has 2 aromatic carbocycles. The van der Waals surface area contributed by atoms with Gasteiger partial charge < -0.3 is 10.2 Å². The van der Waals surface area contributed by atoms with Gasteiger partial charge >= 0.3 is 0 Å². The number of carbonyl (C=O) groups excluding carboxylic acids is 1. The number of halogens is 1. The van der Waals surface area contributed by atoms with Gasteiger partial charge in [0.15, 0.2) is 0 Å². The molecule has 1 saturated heterocycles. The van der Waals surface area contributed by atoms with Gasteiger partial charge in [0.2, 0.25) is 0 Å². The zero-order valence-corrected chi connectivity index (χ0v) is 12.6. The van der Waals surface area contributed by atoms with Gasteiger partial charge in [-0.05, 0) is 50.1 Å². The van der Waals surface area contributed by atoms with Gasteiger partial charge in [-0.25, -0.2) is 4.39 Å². The Hall–Kier alpha value is -2.36. The van der Waals surface area contributed by atoms with E-state index in [9.17, 15) is 9.18 Å². The molecule has 1 heterocycles. The van der Waals surface area contributed by atoms with Gasteiger partial charge in [0.05, 0.1) is 0 Å². The number of aryl methyl sites for hydroxylation is 1. The van der Waals surface area contributed by atoms with Gasteiger partial charge in [0, 0.05) is 30.0 Å². The SMILES string of the molecule is Cc1ccc(C(=O)Nc2cc(F)cc(N3CCCC3)c2)cc1. The largest absolute Gasteiger partial charge is 0.371 e. The van der Waals surface area contributed by atoms with Crippen LogP contribution in [-0.4, -0.2) is 19.0 Å². The van der Waals surface area contributed by atoms with Gasteiger partial charge in [-0.3, -0.25) is 4.79 Å². The van der Waals surface area contributed by atoms with Crippen molar-refractivity contribution >= 4 is 17.3 Å². The average molecular weight is 298 g/mol. The summed E-state index contributed by atoms with van der Waals surface area (Å²) in [5.41, 5.74) is 2.99. The lowest BCUT2D eigenvalue weighted by atomic mass is 10.1. The summed E-state index contributed by atoms with van der Waals surface area (Å²) in [6.45, 7) is 3.85. The molecular formula is C18H19FN2O. The Morgan fingerprint density at radius 3 is 2.45 bits per heavy atom. The molecule has 1 aliphatic heterocycles. The summed E-state index contributed by atoms with van der Waals surface area (Å²) in [4.78, 5) is 14.4. The van der Waals surface area contributed by atoms with E-state index in [4.69, 9.17) is 0 Å². The Morgan fingerprint density at radius 2 is 1.77 bits per heavy atom. The predicted molar refractivity (Wildman–Crippen MR) is 87.0 cm³/mol. The highest BCUT2D eigenvalue weighted by Crippen LogP contribution is 2.25. The minimum Gasteiger partial charge on any atom is -0.371 e. The van der Waals surface area contributed by atoms with E-state index in [1.54, 1.807) is 12.1 Å². The van der Waals surface area contributed by atoms with Crippen LogP contribution >= 0.6 is 0 Å². The number of carbonyl (C=O) groups is 1. The number of hydrogen-bond donors (Lipinski definition) is 1. The minimum absolute atomic E-state index is 0.224. The van der Waals surface area contributed by atoms with Crippen LogP contribution in [0.5, 0.6) is 0 Å². The van der Waals surface area contributed by atoms with Crippen molar-refractivity contribution in [1.82, 2.24) is 0 Å². The van der Waals surface area contributed by atoms with E-state index in [0.717, 1.165) is 37.2 Å². The van der Waals surface area contributed by atoms with Crippen LogP contribution in [0.2, 0.25) is 0 Å². The molecule has 3 nitrogen and oxygen atoms in total. The van der Waals surface area contributed by atoms with Crippen molar-refractivity contribution in [3.8, 4) is 0 Å². The van der Waals surface area contributed by atoms with E-state index < -0.39 is 0 Å². The zero-order valence-electron chi connectivity index (χ0n) is 12.6. The molecule has 0 spiro atoms. The van der Waals surface area contributed by atoms with Crippen LogP contribution in [0.3, 0.4) is 0 Å². The third-order valence-corrected chi connectivity index (χ3v) is 3.93. The zero-order chi connectivity index (χ0) is 15.5. The van der Waals surface area contributed by atoms with Crippen molar-refractivity contribution < 1.29 is 9.18 Å². The van der Waals surface area contributed by atoms with Crippen LogP contribution in [0.4, 0.5) is 15.8 Å². The molecule has 2 aromatic rings. The average Bonchev–Trinajstić information content (AvgIpc) is 3.01. The highest BCUT2D eigenvalue weighted by atomic mass is 19.1. The molecule has 1 amide bonds. The Labute approximate surface area is 129 Å². The van der Waals surface area contributed by atoms with E-state index in [1.165, 1.54) is 12.1 Å². The van der Waals surface area contributed by atoms with Crippen molar-refractivity contribution in [3.63, 3.8) is 0 Å². The smallest absolute Gasteiger partial charge is 0.255 e. The van der Waals surface area contributed by atoms with E-state index in [-0.39, 0.29) is 11.7 Å². The Kier molecular flexibility index (Phi) is 4.09. The number of amides is 1. The molecule has 0 aliphatic carbocycles. The third kappa shape index (κ3) is 3.27. The highest BCUT2D eigenvalue weighted by molar-refractivity contribution is 6.04. The van der Waals surface area contributed by atoms with Crippen LogP contribution in [0, 0.1) is 12.7 Å². The first-order chi connectivity index (χ1) is 10.6. The van der Waals surface area contributed by atoms with Crippen LogP contribution in [0.15, 0.2) is 42.5 Å². The topological polar surface area (TPSA) is 32.3 Å². The van der Waals surface area contributed by atoms with E-state index in [1.807, 2.05) is 25.1 Å². The number of hydrogen-bond acceptors (Lipinski definition) is 2. The van der Waals surface area contributed by atoms with E-state index in [0.29, 0.717) is 11.3 Å². The number of nitrogens with one attached hydrogen (secondary N) is 1. The van der Waals surface area contributed by atoms with Crippen molar-refractivity contribution in [2.24, 2.45) is 0 Å². The summed E-state index contributed by atoms with van der Waals surface area (Å²) in [5, 5.41) is 2.78. The maximum atomic E-state index is 13.8. The fourth-order valence-corrected chi connectivity index (χ4v) is 2.71. The molecule has 1 N–H and O–H groups in total. The van der Waals surface area contributed by atoms with Crippen LogP contribution < -0.4 is 10.2 Å². The summed E-state index contributed by atoms with van der Waals surface area (Å²) in [7, 11) is 0. The van der Waals surface area contributed by atoms with Crippen molar-refractivity contribution in [2.75, 3.05) is 23.3 Å². The Morgan fingerprint density at radius 1 is 1.09 bits per heavy atom. The fourth-order valence-electron chi connectivity index (χ4n) is 2.71. The second-order valence-electron chi connectivity index (χ2n) is 5.71. The molecule has 1 aliphatic rings. The molecule has 0 unspecified atom stereocenters. The van der Waals surface area contributed by atoms with Gasteiger partial charge in [0.25, 0.3) is 5.91 Å². The molecule has 3 rings (SSSR count). The molecule has 0 radical (unpaired) electrons. The lowest BCUT2D eigenvalue weighted by molar-refractivity contribution is 0.102. The fraction of sp³-hybridized carbons (Fsp3) is 0.278.